The van der Waals surface area contributed by atoms with Crippen LogP contribution in [-0.4, -0.2) is 24.1 Å². The van der Waals surface area contributed by atoms with Crippen LogP contribution in [0.2, 0.25) is 10.0 Å². The third-order valence-corrected chi connectivity index (χ3v) is 6.99. The summed E-state index contributed by atoms with van der Waals surface area (Å²) in [6.07, 6.45) is 1.73. The second-order valence-electron chi connectivity index (χ2n) is 8.47. The number of nitrogens with one attached hydrogen (secondary N) is 1. The van der Waals surface area contributed by atoms with Crippen molar-refractivity contribution in [3.05, 3.63) is 128 Å². The summed E-state index contributed by atoms with van der Waals surface area (Å²) < 4.78 is 6.66. The highest BCUT2D eigenvalue weighted by Gasteiger charge is 2.32. The van der Waals surface area contributed by atoms with E-state index in [9.17, 15) is 9.59 Å². The monoisotopic (exact) mass is 619 g/mol. The maximum atomic E-state index is 13.6. The second kappa shape index (κ2) is 11.9. The summed E-state index contributed by atoms with van der Waals surface area (Å²) in [5.41, 5.74) is 3.49. The van der Waals surface area contributed by atoms with Crippen molar-refractivity contribution in [2.24, 2.45) is 5.10 Å². The highest BCUT2D eigenvalue weighted by molar-refractivity contribution is 9.10. The van der Waals surface area contributed by atoms with Crippen LogP contribution in [0.5, 0.6) is 5.75 Å². The molecule has 0 unspecified atom stereocenters. The molecular formula is C30H20BrCl2N3O3. The number of hydrogen-bond donors (Lipinski definition) is 1. The van der Waals surface area contributed by atoms with E-state index in [0.29, 0.717) is 44.0 Å². The maximum absolute atomic E-state index is 13.6. The summed E-state index contributed by atoms with van der Waals surface area (Å²) in [6.45, 7) is -0.262. The Morgan fingerprint density at radius 2 is 1.64 bits per heavy atom. The quantitative estimate of drug-likeness (QED) is 0.216. The van der Waals surface area contributed by atoms with Crippen molar-refractivity contribution < 1.29 is 14.3 Å². The number of ether oxygens (including phenoxy) is 1. The molecule has 4 aromatic carbocycles. The molecule has 6 nitrogen and oxygen atoms in total. The van der Waals surface area contributed by atoms with Gasteiger partial charge in [-0.3, -0.25) is 9.59 Å². The van der Waals surface area contributed by atoms with E-state index in [0.717, 1.165) is 10.0 Å². The first-order valence-corrected chi connectivity index (χ1v) is 13.4. The standard InChI is InChI=1S/C30H20BrCl2N3O3/c31-21-11-14-27(39-18-28(37)34-22-12-13-25(32)26(33)17-22)20(15-21)16-24-29(19-7-3-1-4-8-19)35-36(30(24)38)23-9-5-2-6-10-23/h1-17H,18H2,(H,34,37)/b24-16-. The SMILES string of the molecule is O=C(COc1ccc(Br)cc1/C=C1\C(=O)N(c2ccccc2)N=C1c1ccccc1)Nc1ccc(Cl)c(Cl)c1. The number of nitrogens with zero attached hydrogens (tertiary/aromatic N) is 2. The lowest BCUT2D eigenvalue weighted by Gasteiger charge is -2.12. The zero-order valence-corrected chi connectivity index (χ0v) is 23.4. The molecule has 0 aliphatic carbocycles. The lowest BCUT2D eigenvalue weighted by molar-refractivity contribution is -0.118. The molecule has 0 saturated heterocycles. The number of halogens is 3. The molecule has 0 bridgehead atoms. The van der Waals surface area contributed by atoms with Gasteiger partial charge >= 0.3 is 0 Å². The Morgan fingerprint density at radius 1 is 0.923 bits per heavy atom. The molecule has 0 aromatic heterocycles. The van der Waals surface area contributed by atoms with Crippen molar-refractivity contribution in [1.82, 2.24) is 0 Å². The van der Waals surface area contributed by atoms with E-state index in [4.69, 9.17) is 27.9 Å². The normalized spacial score (nSPS) is 13.9. The Hall–Kier alpha value is -3.91. The van der Waals surface area contributed by atoms with Gasteiger partial charge in [0.2, 0.25) is 0 Å². The van der Waals surface area contributed by atoms with E-state index < -0.39 is 0 Å². The molecule has 9 heteroatoms. The first kappa shape index (κ1) is 26.7. The first-order chi connectivity index (χ1) is 18.9. The number of carbonyl (C=O) groups excluding carboxylic acids is 2. The number of amides is 2. The molecule has 4 aromatic rings. The lowest BCUT2D eigenvalue weighted by atomic mass is 10.00. The summed E-state index contributed by atoms with van der Waals surface area (Å²) in [5.74, 6) is -0.231. The number of hydrogen-bond acceptors (Lipinski definition) is 4. The van der Waals surface area contributed by atoms with Crippen LogP contribution in [0.25, 0.3) is 6.08 Å². The van der Waals surface area contributed by atoms with E-state index in [-0.39, 0.29) is 18.4 Å². The molecule has 2 amide bonds. The lowest BCUT2D eigenvalue weighted by Crippen LogP contribution is -2.21. The number of rotatable bonds is 7. The fraction of sp³-hybridized carbons (Fsp3) is 0.0333. The van der Waals surface area contributed by atoms with Crippen molar-refractivity contribution in [3.8, 4) is 5.75 Å². The molecule has 5 rings (SSSR count). The predicted molar refractivity (Wildman–Crippen MR) is 160 cm³/mol. The van der Waals surface area contributed by atoms with Gasteiger partial charge in [0.25, 0.3) is 11.8 Å². The van der Waals surface area contributed by atoms with Crippen LogP contribution in [0.1, 0.15) is 11.1 Å². The van der Waals surface area contributed by atoms with Gasteiger partial charge in [0.05, 0.1) is 21.3 Å². The Balaban J connectivity index is 1.44. The third kappa shape index (κ3) is 6.23. The highest BCUT2D eigenvalue weighted by Crippen LogP contribution is 2.31. The van der Waals surface area contributed by atoms with Crippen LogP contribution < -0.4 is 15.1 Å². The minimum absolute atomic E-state index is 0.262. The second-order valence-corrected chi connectivity index (χ2v) is 10.2. The zero-order valence-electron chi connectivity index (χ0n) is 20.3. The minimum Gasteiger partial charge on any atom is -0.483 e. The fourth-order valence-electron chi connectivity index (χ4n) is 3.93. The van der Waals surface area contributed by atoms with E-state index in [2.05, 4.69) is 26.3 Å². The summed E-state index contributed by atoms with van der Waals surface area (Å²) in [4.78, 5) is 26.2. The molecule has 1 N–H and O–H groups in total. The van der Waals surface area contributed by atoms with Crippen LogP contribution in [0.3, 0.4) is 0 Å². The van der Waals surface area contributed by atoms with Gasteiger partial charge < -0.3 is 10.1 Å². The topological polar surface area (TPSA) is 71.0 Å². The predicted octanol–water partition coefficient (Wildman–Crippen LogP) is 7.61. The summed E-state index contributed by atoms with van der Waals surface area (Å²) in [6, 6.07) is 28.9. The zero-order chi connectivity index (χ0) is 27.4. The average Bonchev–Trinajstić information content (AvgIpc) is 3.27. The van der Waals surface area contributed by atoms with Crippen LogP contribution in [0.4, 0.5) is 11.4 Å². The van der Waals surface area contributed by atoms with Gasteiger partial charge in [-0.2, -0.15) is 10.1 Å². The van der Waals surface area contributed by atoms with Crippen molar-refractivity contribution in [1.29, 1.82) is 0 Å². The van der Waals surface area contributed by atoms with E-state index in [1.165, 1.54) is 5.01 Å². The first-order valence-electron chi connectivity index (χ1n) is 11.8. The van der Waals surface area contributed by atoms with Gasteiger partial charge in [-0.1, -0.05) is 87.7 Å². The molecule has 1 heterocycles. The molecule has 0 radical (unpaired) electrons. The van der Waals surface area contributed by atoms with Gasteiger partial charge in [0, 0.05) is 21.3 Å². The highest BCUT2D eigenvalue weighted by atomic mass is 79.9. The van der Waals surface area contributed by atoms with Crippen LogP contribution in [0.15, 0.2) is 112 Å². The van der Waals surface area contributed by atoms with Gasteiger partial charge in [-0.25, -0.2) is 0 Å². The number of carbonyl (C=O) groups is 2. The number of benzene rings is 4. The Morgan fingerprint density at radius 3 is 2.36 bits per heavy atom. The van der Waals surface area contributed by atoms with Crippen LogP contribution in [0, 0.1) is 0 Å². The van der Waals surface area contributed by atoms with Crippen LogP contribution >= 0.6 is 39.1 Å². The molecule has 39 heavy (non-hydrogen) atoms. The molecule has 194 valence electrons. The average molecular weight is 621 g/mol. The molecule has 0 fully saturated rings. The molecule has 1 aliphatic heterocycles. The van der Waals surface area contributed by atoms with E-state index in [1.54, 1.807) is 36.4 Å². The van der Waals surface area contributed by atoms with Crippen molar-refractivity contribution in [2.45, 2.75) is 0 Å². The van der Waals surface area contributed by atoms with Crippen LogP contribution in [-0.2, 0) is 9.59 Å². The van der Waals surface area contributed by atoms with Crippen molar-refractivity contribution in [3.63, 3.8) is 0 Å². The van der Waals surface area contributed by atoms with Gasteiger partial charge in [-0.15, -0.1) is 0 Å². The van der Waals surface area contributed by atoms with Gasteiger partial charge in [0.1, 0.15) is 11.5 Å². The maximum Gasteiger partial charge on any atom is 0.281 e. The number of para-hydroxylation sites is 1. The largest absolute Gasteiger partial charge is 0.483 e. The molecule has 0 spiro atoms. The van der Waals surface area contributed by atoms with Gasteiger partial charge in [-0.05, 0) is 54.6 Å². The Labute approximate surface area is 243 Å². The van der Waals surface area contributed by atoms with Gasteiger partial charge in [0.15, 0.2) is 6.61 Å². The minimum atomic E-state index is -0.381. The summed E-state index contributed by atoms with van der Waals surface area (Å²) in [5, 5.41) is 9.51. The van der Waals surface area contributed by atoms with E-state index >= 15 is 0 Å². The Bertz CT molecular complexity index is 1610. The van der Waals surface area contributed by atoms with Crippen molar-refractivity contribution in [2.75, 3.05) is 16.9 Å². The Kier molecular flexibility index (Phi) is 8.12. The van der Waals surface area contributed by atoms with Crippen molar-refractivity contribution >= 4 is 74.1 Å². The molecule has 0 saturated carbocycles. The summed E-state index contributed by atoms with van der Waals surface area (Å²) in [7, 11) is 0. The molecule has 0 atom stereocenters. The summed E-state index contributed by atoms with van der Waals surface area (Å²) >= 11 is 15.5. The fourth-order valence-corrected chi connectivity index (χ4v) is 4.61. The number of hydrazone groups is 1. The van der Waals surface area contributed by atoms with E-state index in [1.807, 2.05) is 66.7 Å². The number of anilines is 2. The molecular weight excluding hydrogens is 601 g/mol. The molecule has 1 aliphatic rings. The third-order valence-electron chi connectivity index (χ3n) is 5.76. The smallest absolute Gasteiger partial charge is 0.281 e.